The molecule has 6 nitrogen and oxygen atoms in total. The van der Waals surface area contributed by atoms with Crippen molar-refractivity contribution in [1.29, 1.82) is 0 Å². The molecule has 0 radical (unpaired) electrons. The Balaban J connectivity index is 2.62. The van der Waals surface area contributed by atoms with E-state index in [9.17, 15) is 0 Å². The van der Waals surface area contributed by atoms with Crippen molar-refractivity contribution < 1.29 is 5.11 Å². The third kappa shape index (κ3) is 3.73. The fraction of sp³-hybridized carbons (Fsp3) is 0.600. The first-order valence-corrected chi connectivity index (χ1v) is 5.29. The number of anilines is 1. The Morgan fingerprint density at radius 1 is 1.44 bits per heavy atom. The van der Waals surface area contributed by atoms with Crippen LogP contribution in [-0.2, 0) is 6.54 Å². The number of aliphatic hydroxyl groups excluding tert-OH is 1. The largest absolute Gasteiger partial charge is 0.395 e. The van der Waals surface area contributed by atoms with E-state index >= 15 is 0 Å². The molecule has 0 spiro atoms. The summed E-state index contributed by atoms with van der Waals surface area (Å²) in [4.78, 5) is 10.4. The summed E-state index contributed by atoms with van der Waals surface area (Å²) >= 11 is 0. The second-order valence-corrected chi connectivity index (χ2v) is 3.83. The molecule has 1 heterocycles. The summed E-state index contributed by atoms with van der Waals surface area (Å²) in [6.07, 6.45) is 3.27. The zero-order valence-corrected chi connectivity index (χ0v) is 9.72. The fourth-order valence-corrected chi connectivity index (χ4v) is 1.37. The highest BCUT2D eigenvalue weighted by Gasteiger charge is 2.10. The summed E-state index contributed by atoms with van der Waals surface area (Å²) in [5, 5.41) is 8.94. The Hall–Kier alpha value is -1.24. The molecule has 4 N–H and O–H groups in total. The molecule has 1 aromatic rings. The van der Waals surface area contributed by atoms with E-state index in [1.165, 1.54) is 0 Å². The van der Waals surface area contributed by atoms with Gasteiger partial charge in [-0.15, -0.1) is 0 Å². The van der Waals surface area contributed by atoms with Crippen molar-refractivity contribution in [3.05, 3.63) is 18.1 Å². The lowest BCUT2D eigenvalue weighted by atomic mass is 10.3. The predicted octanol–water partition coefficient (Wildman–Crippen LogP) is -0.0351. The molecule has 6 heteroatoms. The molecule has 0 saturated carbocycles. The molecule has 0 atom stereocenters. The van der Waals surface area contributed by atoms with Gasteiger partial charge in [-0.05, 0) is 13.8 Å². The Bertz CT molecular complexity index is 301. The van der Waals surface area contributed by atoms with E-state index in [-0.39, 0.29) is 6.61 Å². The maximum Gasteiger partial charge on any atom is 0.158 e. The molecule has 0 saturated heterocycles. The van der Waals surface area contributed by atoms with E-state index in [1.807, 2.05) is 0 Å². The predicted molar refractivity (Wildman–Crippen MR) is 62.5 cm³/mol. The lowest BCUT2D eigenvalue weighted by Gasteiger charge is -2.24. The molecule has 90 valence electrons. The van der Waals surface area contributed by atoms with Crippen molar-refractivity contribution in [2.24, 2.45) is 5.84 Å². The van der Waals surface area contributed by atoms with Crippen LogP contribution in [0, 0.1) is 0 Å². The molecule has 0 bridgehead atoms. The minimum absolute atomic E-state index is 0.147. The van der Waals surface area contributed by atoms with Crippen LogP contribution in [0.2, 0.25) is 0 Å². The molecule has 0 aliphatic rings. The summed E-state index contributed by atoms with van der Waals surface area (Å²) in [6.45, 7) is 5.62. The van der Waals surface area contributed by atoms with Crippen LogP contribution in [0.5, 0.6) is 0 Å². The van der Waals surface area contributed by atoms with Crippen LogP contribution in [0.25, 0.3) is 0 Å². The van der Waals surface area contributed by atoms with Crippen LogP contribution in [0.15, 0.2) is 12.4 Å². The van der Waals surface area contributed by atoms with E-state index in [0.717, 1.165) is 5.69 Å². The van der Waals surface area contributed by atoms with Crippen molar-refractivity contribution in [2.75, 3.05) is 18.6 Å². The Kier molecular flexibility index (Phi) is 5.10. The molecule has 0 fully saturated rings. The maximum absolute atomic E-state index is 8.94. The van der Waals surface area contributed by atoms with Crippen LogP contribution in [-0.4, -0.2) is 39.2 Å². The number of rotatable bonds is 6. The molecule has 0 aliphatic carbocycles. The first kappa shape index (κ1) is 12.8. The number of nitrogens with one attached hydrogen (secondary N) is 1. The van der Waals surface area contributed by atoms with Crippen LogP contribution < -0.4 is 11.3 Å². The number of hydrogen-bond acceptors (Lipinski definition) is 6. The van der Waals surface area contributed by atoms with Gasteiger partial charge in [-0.2, -0.15) is 0 Å². The summed E-state index contributed by atoms with van der Waals surface area (Å²) in [7, 11) is 0. The topological polar surface area (TPSA) is 87.3 Å². The van der Waals surface area contributed by atoms with Gasteiger partial charge in [0.15, 0.2) is 5.82 Å². The van der Waals surface area contributed by atoms with Gasteiger partial charge in [0, 0.05) is 19.1 Å². The van der Waals surface area contributed by atoms with Crippen LogP contribution in [0.3, 0.4) is 0 Å². The highest BCUT2D eigenvalue weighted by molar-refractivity contribution is 5.28. The lowest BCUT2D eigenvalue weighted by molar-refractivity contribution is 0.157. The zero-order valence-electron chi connectivity index (χ0n) is 9.72. The highest BCUT2D eigenvalue weighted by atomic mass is 16.3. The van der Waals surface area contributed by atoms with E-state index in [1.54, 1.807) is 12.4 Å². The van der Waals surface area contributed by atoms with Gasteiger partial charge >= 0.3 is 0 Å². The van der Waals surface area contributed by atoms with Crippen LogP contribution in [0.1, 0.15) is 19.5 Å². The number of aliphatic hydroxyl groups is 1. The zero-order chi connectivity index (χ0) is 12.0. The minimum Gasteiger partial charge on any atom is -0.395 e. The van der Waals surface area contributed by atoms with Gasteiger partial charge in [-0.25, -0.2) is 10.8 Å². The molecule has 1 aromatic heterocycles. The molecule has 0 unspecified atom stereocenters. The van der Waals surface area contributed by atoms with Crippen molar-refractivity contribution in [2.45, 2.75) is 26.4 Å². The first-order valence-electron chi connectivity index (χ1n) is 5.29. The van der Waals surface area contributed by atoms with Gasteiger partial charge in [0.1, 0.15) is 0 Å². The van der Waals surface area contributed by atoms with E-state index < -0.39 is 0 Å². The number of hydrazine groups is 1. The van der Waals surface area contributed by atoms with Crippen LogP contribution >= 0.6 is 0 Å². The van der Waals surface area contributed by atoms with Gasteiger partial charge in [0.05, 0.1) is 24.7 Å². The third-order valence-electron chi connectivity index (χ3n) is 2.34. The average Bonchev–Trinajstić information content (AvgIpc) is 2.29. The summed E-state index contributed by atoms with van der Waals surface area (Å²) in [5.74, 6) is 5.74. The smallest absolute Gasteiger partial charge is 0.158 e. The standard InChI is InChI=1S/C10H19N5O/c1-8(2)15(3-4-16)7-9-5-13-10(14-11)6-12-9/h5-6,8,16H,3-4,7,11H2,1-2H3,(H,13,14). The first-order chi connectivity index (χ1) is 7.67. The SMILES string of the molecule is CC(C)N(CCO)Cc1cnc(NN)cn1. The molecule has 0 aromatic carbocycles. The molecule has 0 amide bonds. The number of aromatic nitrogens is 2. The third-order valence-corrected chi connectivity index (χ3v) is 2.34. The average molecular weight is 225 g/mol. The van der Waals surface area contributed by atoms with E-state index in [0.29, 0.717) is 24.9 Å². The number of nitrogen functional groups attached to an aromatic ring is 1. The summed E-state index contributed by atoms with van der Waals surface area (Å²) in [5.41, 5.74) is 3.29. The molecule has 16 heavy (non-hydrogen) atoms. The minimum atomic E-state index is 0.147. The van der Waals surface area contributed by atoms with Gasteiger partial charge < -0.3 is 10.5 Å². The Morgan fingerprint density at radius 3 is 2.62 bits per heavy atom. The van der Waals surface area contributed by atoms with Gasteiger partial charge in [0.25, 0.3) is 0 Å². The van der Waals surface area contributed by atoms with E-state index in [2.05, 4.69) is 34.1 Å². The molecular formula is C10H19N5O. The van der Waals surface area contributed by atoms with Gasteiger partial charge in [-0.1, -0.05) is 0 Å². The quantitative estimate of drug-likeness (QED) is 0.465. The summed E-state index contributed by atoms with van der Waals surface area (Å²) in [6, 6.07) is 0.362. The monoisotopic (exact) mass is 225 g/mol. The number of hydrogen-bond donors (Lipinski definition) is 3. The van der Waals surface area contributed by atoms with E-state index in [4.69, 9.17) is 10.9 Å². The fourth-order valence-electron chi connectivity index (χ4n) is 1.37. The number of nitrogens with two attached hydrogens (primary N) is 1. The second kappa shape index (κ2) is 6.37. The van der Waals surface area contributed by atoms with Gasteiger partial charge in [-0.3, -0.25) is 9.88 Å². The highest BCUT2D eigenvalue weighted by Crippen LogP contribution is 2.06. The molecule has 0 aliphatic heterocycles. The second-order valence-electron chi connectivity index (χ2n) is 3.83. The maximum atomic E-state index is 8.94. The van der Waals surface area contributed by atoms with Crippen molar-refractivity contribution >= 4 is 5.82 Å². The number of nitrogens with zero attached hydrogens (tertiary/aromatic N) is 3. The van der Waals surface area contributed by atoms with Crippen molar-refractivity contribution in [3.63, 3.8) is 0 Å². The summed E-state index contributed by atoms with van der Waals surface area (Å²) < 4.78 is 0. The molecular weight excluding hydrogens is 206 g/mol. The van der Waals surface area contributed by atoms with Crippen LogP contribution in [0.4, 0.5) is 5.82 Å². The normalized spacial score (nSPS) is 11.1. The Labute approximate surface area is 95.5 Å². The lowest BCUT2D eigenvalue weighted by Crippen LogP contribution is -2.33. The van der Waals surface area contributed by atoms with Gasteiger partial charge in [0.2, 0.25) is 0 Å². The molecule has 1 rings (SSSR count). The Morgan fingerprint density at radius 2 is 2.19 bits per heavy atom. The van der Waals surface area contributed by atoms with Crippen molar-refractivity contribution in [3.8, 4) is 0 Å². The van der Waals surface area contributed by atoms with Crippen molar-refractivity contribution in [1.82, 2.24) is 14.9 Å².